The Hall–Kier alpha value is -4.14. The van der Waals surface area contributed by atoms with E-state index in [4.69, 9.17) is 14.6 Å². The first-order chi connectivity index (χ1) is 14.9. The van der Waals surface area contributed by atoms with E-state index in [1.165, 1.54) is 7.05 Å². The molecule has 3 aromatic rings. The van der Waals surface area contributed by atoms with Crippen LogP contribution in [0.4, 0.5) is 0 Å². The molecule has 1 amide bonds. The number of aromatic nitrogens is 1. The van der Waals surface area contributed by atoms with E-state index in [2.05, 4.69) is 5.32 Å². The minimum atomic E-state index is -1.10. The minimum Gasteiger partial charge on any atom is -0.480 e. The molecule has 2 aliphatic heterocycles. The van der Waals surface area contributed by atoms with Crippen LogP contribution < -0.4 is 25.4 Å². The Kier molecular flexibility index (Phi) is 4.25. The third-order valence-corrected chi connectivity index (χ3v) is 5.44. The van der Waals surface area contributed by atoms with Crippen LogP contribution in [0.25, 0.3) is 22.7 Å². The van der Waals surface area contributed by atoms with Crippen molar-refractivity contribution < 1.29 is 29.4 Å². The molecule has 0 radical (unpaired) electrons. The molecule has 0 spiro atoms. The zero-order valence-electron chi connectivity index (χ0n) is 16.5. The fraction of sp³-hybridized carbons (Fsp3) is 0.182. The standard InChI is InChI=1S/C22H19N3O6/c1-24(10-19(26)27)22(28)15-9-14-13-4-2-3-5-16(13)25(29)21(14)20(23-15)12-6-7-17-18(8-12)31-11-30-17/h2-9,15,23,29H,10-11H2,1H3,(H,26,27)/t15-/m1/s1. The van der Waals surface area contributed by atoms with E-state index in [9.17, 15) is 14.8 Å². The van der Waals surface area contributed by atoms with Crippen molar-refractivity contribution in [1.29, 1.82) is 0 Å². The summed E-state index contributed by atoms with van der Waals surface area (Å²) in [6, 6.07) is 11.9. The van der Waals surface area contributed by atoms with Gasteiger partial charge < -0.3 is 30.0 Å². The lowest BCUT2D eigenvalue weighted by Gasteiger charge is -2.25. The van der Waals surface area contributed by atoms with Gasteiger partial charge in [0.2, 0.25) is 12.7 Å². The van der Waals surface area contributed by atoms with Crippen LogP contribution in [0.2, 0.25) is 0 Å². The summed E-state index contributed by atoms with van der Waals surface area (Å²) in [4.78, 5) is 25.2. The van der Waals surface area contributed by atoms with Gasteiger partial charge in [-0.05, 0) is 30.3 Å². The van der Waals surface area contributed by atoms with E-state index in [-0.39, 0.29) is 6.79 Å². The zero-order chi connectivity index (χ0) is 21.7. The van der Waals surface area contributed by atoms with Crippen molar-refractivity contribution in [3.63, 3.8) is 0 Å². The van der Waals surface area contributed by atoms with Gasteiger partial charge in [0, 0.05) is 23.2 Å². The fourth-order valence-electron chi connectivity index (χ4n) is 4.01. The van der Waals surface area contributed by atoms with Gasteiger partial charge in [0.1, 0.15) is 17.9 Å². The Labute approximate surface area is 176 Å². The molecule has 0 fully saturated rings. The van der Waals surface area contributed by atoms with Crippen molar-refractivity contribution in [1.82, 2.24) is 14.9 Å². The zero-order valence-corrected chi connectivity index (χ0v) is 16.5. The first kappa shape index (κ1) is 18.9. The molecule has 3 N–H and O–H groups in total. The maximum Gasteiger partial charge on any atom is 0.323 e. The highest BCUT2D eigenvalue weighted by molar-refractivity contribution is 5.95. The molecule has 0 unspecified atom stereocenters. The monoisotopic (exact) mass is 421 g/mol. The van der Waals surface area contributed by atoms with Crippen LogP contribution >= 0.6 is 0 Å². The van der Waals surface area contributed by atoms with Crippen LogP contribution in [-0.2, 0) is 9.59 Å². The average Bonchev–Trinajstić information content (AvgIpc) is 3.35. The lowest BCUT2D eigenvalue weighted by atomic mass is 10.0. The number of hydrogen-bond donors (Lipinski definition) is 3. The summed E-state index contributed by atoms with van der Waals surface area (Å²) in [5.74, 6) is -0.319. The van der Waals surface area contributed by atoms with Gasteiger partial charge in [-0.1, -0.05) is 18.2 Å². The Balaban J connectivity index is 1.73. The Morgan fingerprint density at radius 3 is 2.77 bits per heavy atom. The molecule has 158 valence electrons. The molecule has 1 aromatic heterocycles. The topological polar surface area (TPSA) is 113 Å². The van der Waals surface area contributed by atoms with Gasteiger partial charge >= 0.3 is 5.97 Å². The second-order valence-electron chi connectivity index (χ2n) is 7.41. The van der Waals surface area contributed by atoms with Gasteiger partial charge in [-0.3, -0.25) is 9.59 Å². The second-order valence-corrected chi connectivity index (χ2v) is 7.41. The van der Waals surface area contributed by atoms with Crippen LogP contribution in [0.1, 0.15) is 5.56 Å². The summed E-state index contributed by atoms with van der Waals surface area (Å²) < 4.78 is 12.0. The lowest BCUT2D eigenvalue weighted by molar-refractivity contribution is -0.143. The molecule has 1 atom stereocenters. The molecule has 3 heterocycles. The average molecular weight is 421 g/mol. The first-order valence-corrected chi connectivity index (χ1v) is 9.62. The van der Waals surface area contributed by atoms with Crippen LogP contribution in [0, 0.1) is 0 Å². The second kappa shape index (κ2) is 6.98. The number of aliphatic carboxylic acids is 1. The number of ether oxygens (including phenoxy) is 2. The summed E-state index contributed by atoms with van der Waals surface area (Å²) in [7, 11) is 1.44. The Morgan fingerprint density at radius 1 is 1.19 bits per heavy atom. The summed E-state index contributed by atoms with van der Waals surface area (Å²) in [6.45, 7) is -0.291. The number of benzene rings is 2. The van der Waals surface area contributed by atoms with Crippen LogP contribution in [-0.4, -0.2) is 58.2 Å². The number of hydrogen-bond acceptors (Lipinski definition) is 6. The van der Waals surface area contributed by atoms with Crippen molar-refractivity contribution in [3.05, 3.63) is 58.6 Å². The molecule has 5 rings (SSSR count). The van der Waals surface area contributed by atoms with E-state index >= 15 is 0 Å². The number of carbonyl (C=O) groups excluding carboxylic acids is 1. The summed E-state index contributed by atoms with van der Waals surface area (Å²) in [6.07, 6.45) is 1.71. The largest absolute Gasteiger partial charge is 0.480 e. The number of likely N-dealkylation sites (N-methyl/N-ethyl adjacent to an activating group) is 1. The number of carbonyl (C=O) groups is 2. The number of rotatable bonds is 4. The van der Waals surface area contributed by atoms with Gasteiger partial charge in [-0.15, -0.1) is 0 Å². The highest BCUT2D eigenvalue weighted by Crippen LogP contribution is 2.34. The smallest absolute Gasteiger partial charge is 0.323 e. The van der Waals surface area contributed by atoms with Crippen LogP contribution in [0.15, 0.2) is 42.5 Å². The SMILES string of the molecule is CN(CC(=O)O)C(=O)[C@H]1C=c2c(n(O)c3ccccc23)=C(c2ccc3c(c2)OCO3)N1. The number of amides is 1. The number of para-hydroxylation sites is 1. The molecular formula is C22H19N3O6. The van der Waals surface area contributed by atoms with E-state index in [0.29, 0.717) is 38.8 Å². The maximum atomic E-state index is 13.0. The molecule has 9 heteroatoms. The summed E-state index contributed by atoms with van der Waals surface area (Å²) in [5, 5.41) is 25.1. The normalized spacial score (nSPS) is 16.4. The Morgan fingerprint density at radius 2 is 1.97 bits per heavy atom. The van der Waals surface area contributed by atoms with Gasteiger partial charge in [-0.25, -0.2) is 0 Å². The highest BCUT2D eigenvalue weighted by Gasteiger charge is 2.28. The maximum absolute atomic E-state index is 13.0. The third-order valence-electron chi connectivity index (χ3n) is 5.44. The lowest BCUT2D eigenvalue weighted by Crippen LogP contribution is -2.51. The van der Waals surface area contributed by atoms with Crippen molar-refractivity contribution in [3.8, 4) is 11.5 Å². The first-order valence-electron chi connectivity index (χ1n) is 9.62. The van der Waals surface area contributed by atoms with Gasteiger partial charge in [0.05, 0.1) is 11.2 Å². The number of carboxylic acids is 1. The van der Waals surface area contributed by atoms with E-state index in [1.807, 2.05) is 24.3 Å². The molecule has 2 aromatic carbocycles. The third kappa shape index (κ3) is 3.02. The van der Waals surface area contributed by atoms with Gasteiger partial charge in [-0.2, -0.15) is 4.73 Å². The van der Waals surface area contributed by atoms with Crippen molar-refractivity contribution in [2.45, 2.75) is 6.04 Å². The van der Waals surface area contributed by atoms with Crippen LogP contribution in [0.3, 0.4) is 0 Å². The minimum absolute atomic E-state index is 0.127. The summed E-state index contributed by atoms with van der Waals surface area (Å²) in [5.41, 5.74) is 1.81. The number of carboxylic acid groups (broad SMARTS) is 1. The van der Waals surface area contributed by atoms with E-state index in [1.54, 1.807) is 24.3 Å². The number of fused-ring (bicyclic) bond motifs is 4. The fourth-order valence-corrected chi connectivity index (χ4v) is 4.01. The van der Waals surface area contributed by atoms with Crippen molar-refractivity contribution in [2.24, 2.45) is 0 Å². The van der Waals surface area contributed by atoms with Gasteiger partial charge in [0.15, 0.2) is 11.5 Å². The molecule has 2 aliphatic rings. The molecule has 0 saturated heterocycles. The number of nitrogens with zero attached hydrogens (tertiary/aromatic N) is 2. The molecule has 31 heavy (non-hydrogen) atoms. The quantitative estimate of drug-likeness (QED) is 0.511. The molecule has 0 aliphatic carbocycles. The predicted molar refractivity (Wildman–Crippen MR) is 110 cm³/mol. The van der Waals surface area contributed by atoms with E-state index < -0.39 is 24.5 Å². The highest BCUT2D eigenvalue weighted by atomic mass is 16.7. The number of nitrogens with one attached hydrogen (secondary N) is 1. The van der Waals surface area contributed by atoms with E-state index in [0.717, 1.165) is 15.0 Å². The summed E-state index contributed by atoms with van der Waals surface area (Å²) >= 11 is 0. The molecular weight excluding hydrogens is 402 g/mol. The van der Waals surface area contributed by atoms with Crippen molar-refractivity contribution >= 4 is 34.6 Å². The van der Waals surface area contributed by atoms with Crippen molar-refractivity contribution in [2.75, 3.05) is 20.4 Å². The van der Waals surface area contributed by atoms with Gasteiger partial charge in [0.25, 0.3) is 0 Å². The molecule has 9 nitrogen and oxygen atoms in total. The predicted octanol–water partition coefficient (Wildman–Crippen LogP) is 0.0591. The molecule has 0 bridgehead atoms. The Bertz CT molecular complexity index is 1360. The molecule has 0 saturated carbocycles. The van der Waals surface area contributed by atoms with Crippen LogP contribution in [0.5, 0.6) is 11.5 Å².